The fraction of sp³-hybridized carbons (Fsp3) is 0.286. The van der Waals surface area contributed by atoms with E-state index in [9.17, 15) is 23.1 Å². The van der Waals surface area contributed by atoms with Crippen molar-refractivity contribution in [1.82, 2.24) is 14.3 Å². The van der Waals surface area contributed by atoms with Gasteiger partial charge in [0.15, 0.2) is 11.9 Å². The van der Waals surface area contributed by atoms with Gasteiger partial charge in [-0.3, -0.25) is 4.57 Å². The van der Waals surface area contributed by atoms with E-state index >= 15 is 0 Å². The number of hydrogen-bond donors (Lipinski definition) is 1. The predicted molar refractivity (Wildman–Crippen MR) is 108 cm³/mol. The monoisotopic (exact) mass is 438 g/mol. The van der Waals surface area contributed by atoms with Crippen molar-refractivity contribution in [3.63, 3.8) is 0 Å². The lowest BCUT2D eigenvalue weighted by molar-refractivity contribution is -0.207. The predicted octanol–water partition coefficient (Wildman–Crippen LogP) is 4.08. The van der Waals surface area contributed by atoms with Gasteiger partial charge in [0.05, 0.1) is 13.1 Å². The van der Waals surface area contributed by atoms with Gasteiger partial charge in [0.2, 0.25) is 0 Å². The molecule has 3 aromatic rings. The normalized spacial score (nSPS) is 12.9. The maximum Gasteiger partial charge on any atom is 0.416 e. The van der Waals surface area contributed by atoms with Gasteiger partial charge in [-0.25, -0.2) is 9.48 Å². The minimum Gasteiger partial charge on any atom is -0.382 e. The summed E-state index contributed by atoms with van der Waals surface area (Å²) < 4.78 is 40.7. The summed E-state index contributed by atoms with van der Waals surface area (Å²) in [6.07, 6.45) is -6.88. The third-order valence-electron chi connectivity index (χ3n) is 4.80. The highest BCUT2D eigenvalue weighted by Gasteiger charge is 2.39. The van der Waals surface area contributed by atoms with E-state index in [4.69, 9.17) is 11.6 Å². The van der Waals surface area contributed by atoms with Crippen LogP contribution in [0.5, 0.6) is 0 Å². The Morgan fingerprint density at radius 2 is 1.87 bits per heavy atom. The van der Waals surface area contributed by atoms with E-state index in [1.54, 1.807) is 30.3 Å². The average Bonchev–Trinajstić information content (AvgIpc) is 2.98. The van der Waals surface area contributed by atoms with Crippen LogP contribution < -0.4 is 5.69 Å². The number of aliphatic hydroxyl groups excluding tert-OH is 1. The van der Waals surface area contributed by atoms with Crippen LogP contribution in [-0.4, -0.2) is 31.7 Å². The van der Waals surface area contributed by atoms with Gasteiger partial charge in [0, 0.05) is 10.6 Å². The Kier molecular flexibility index (Phi) is 6.38. The molecule has 0 fully saturated rings. The Hall–Kier alpha value is -2.58. The molecule has 3 rings (SSSR count). The number of alkyl halides is 3. The Morgan fingerprint density at radius 3 is 2.47 bits per heavy atom. The van der Waals surface area contributed by atoms with Crippen LogP contribution in [0.4, 0.5) is 13.2 Å². The number of aromatic nitrogens is 3. The number of rotatable bonds is 6. The van der Waals surface area contributed by atoms with Gasteiger partial charge in [-0.2, -0.15) is 13.2 Å². The van der Waals surface area contributed by atoms with Crippen molar-refractivity contribution in [1.29, 1.82) is 0 Å². The minimum atomic E-state index is -4.86. The first-order valence-corrected chi connectivity index (χ1v) is 9.60. The number of hydrogen-bond acceptors (Lipinski definition) is 3. The van der Waals surface area contributed by atoms with Crippen LogP contribution in [0.15, 0.2) is 47.3 Å². The van der Waals surface area contributed by atoms with E-state index < -0.39 is 24.5 Å². The van der Waals surface area contributed by atoms with Crippen molar-refractivity contribution in [3.05, 3.63) is 81.6 Å². The average molecular weight is 439 g/mol. The van der Waals surface area contributed by atoms with Crippen molar-refractivity contribution in [2.24, 2.45) is 0 Å². The fourth-order valence-corrected chi connectivity index (χ4v) is 3.37. The molecule has 2 aromatic carbocycles. The fourth-order valence-electron chi connectivity index (χ4n) is 3.25. The zero-order chi connectivity index (χ0) is 22.1. The second-order valence-corrected chi connectivity index (χ2v) is 7.28. The van der Waals surface area contributed by atoms with Crippen LogP contribution in [0.3, 0.4) is 0 Å². The third kappa shape index (κ3) is 4.60. The van der Waals surface area contributed by atoms with E-state index in [0.717, 1.165) is 25.9 Å². The molecular formula is C21H20ClF3N3O2. The standard InChI is InChI=1S/C21H20ClF3N3O2/c1-3-17-13(2)5-4-6-15(17)11-28-20(30)27(12-18(29)21(23,24)25)19(26-28)14-7-9-16(22)10-8-14/h4-10,18,29H,2-3,11-12H2,1H3/t18-/m0/s1. The largest absolute Gasteiger partial charge is 0.416 e. The number of nitrogens with zero attached hydrogens (tertiary/aromatic N) is 3. The Bertz CT molecular complexity index is 1090. The molecule has 0 bridgehead atoms. The summed E-state index contributed by atoms with van der Waals surface area (Å²) in [4.78, 5) is 12.9. The maximum atomic E-state index is 12.9. The van der Waals surface area contributed by atoms with E-state index in [-0.39, 0.29) is 12.4 Å². The van der Waals surface area contributed by atoms with Crippen LogP contribution in [0, 0.1) is 6.92 Å². The quantitative estimate of drug-likeness (QED) is 0.631. The van der Waals surface area contributed by atoms with Crippen LogP contribution in [-0.2, 0) is 19.5 Å². The molecule has 0 saturated carbocycles. The summed E-state index contributed by atoms with van der Waals surface area (Å²) in [5, 5.41) is 14.2. The van der Waals surface area contributed by atoms with E-state index in [1.165, 1.54) is 0 Å². The smallest absolute Gasteiger partial charge is 0.382 e. The molecule has 0 unspecified atom stereocenters. The van der Waals surface area contributed by atoms with Gasteiger partial charge in [0.1, 0.15) is 0 Å². The minimum absolute atomic E-state index is 0.0174. The second kappa shape index (κ2) is 8.65. The summed E-state index contributed by atoms with van der Waals surface area (Å²) in [5.74, 6) is 0.0174. The van der Waals surface area contributed by atoms with Crippen molar-refractivity contribution < 1.29 is 18.3 Å². The molecule has 1 radical (unpaired) electrons. The Morgan fingerprint density at radius 1 is 1.20 bits per heavy atom. The molecule has 9 heteroatoms. The van der Waals surface area contributed by atoms with E-state index in [2.05, 4.69) is 12.0 Å². The Labute approximate surface area is 176 Å². The van der Waals surface area contributed by atoms with Crippen LogP contribution >= 0.6 is 11.6 Å². The van der Waals surface area contributed by atoms with Gasteiger partial charge < -0.3 is 5.11 Å². The molecule has 30 heavy (non-hydrogen) atoms. The lowest BCUT2D eigenvalue weighted by Crippen LogP contribution is -2.37. The van der Waals surface area contributed by atoms with Crippen LogP contribution in [0.1, 0.15) is 23.6 Å². The summed E-state index contributed by atoms with van der Waals surface area (Å²) in [6.45, 7) is 5.04. The van der Waals surface area contributed by atoms with Gasteiger partial charge in [0.25, 0.3) is 0 Å². The summed E-state index contributed by atoms with van der Waals surface area (Å²) in [7, 11) is 0. The highest BCUT2D eigenvalue weighted by atomic mass is 35.5. The molecular weight excluding hydrogens is 419 g/mol. The molecule has 0 saturated heterocycles. The van der Waals surface area contributed by atoms with Crippen molar-refractivity contribution in [3.8, 4) is 11.4 Å². The van der Waals surface area contributed by atoms with Crippen molar-refractivity contribution >= 4 is 11.6 Å². The molecule has 0 aliphatic carbocycles. The highest BCUT2D eigenvalue weighted by molar-refractivity contribution is 6.30. The topological polar surface area (TPSA) is 60.1 Å². The molecule has 159 valence electrons. The zero-order valence-electron chi connectivity index (χ0n) is 16.2. The maximum absolute atomic E-state index is 12.9. The van der Waals surface area contributed by atoms with Crippen LogP contribution in [0.25, 0.3) is 11.4 Å². The lowest BCUT2D eigenvalue weighted by atomic mass is 10.00. The zero-order valence-corrected chi connectivity index (χ0v) is 16.9. The molecule has 0 aliphatic heterocycles. The molecule has 1 atom stereocenters. The lowest BCUT2D eigenvalue weighted by Gasteiger charge is -2.15. The first kappa shape index (κ1) is 22.1. The first-order chi connectivity index (χ1) is 14.1. The number of halogens is 4. The number of aliphatic hydroxyl groups is 1. The molecule has 1 N–H and O–H groups in total. The van der Waals surface area contributed by atoms with Gasteiger partial charge in [-0.15, -0.1) is 5.10 Å². The molecule has 1 aromatic heterocycles. The second-order valence-electron chi connectivity index (χ2n) is 6.85. The van der Waals surface area contributed by atoms with Crippen molar-refractivity contribution in [2.45, 2.75) is 38.7 Å². The summed E-state index contributed by atoms with van der Waals surface area (Å²) in [6, 6.07) is 11.7. The van der Waals surface area contributed by atoms with Gasteiger partial charge in [-0.1, -0.05) is 36.7 Å². The van der Waals surface area contributed by atoms with Crippen LogP contribution in [0.2, 0.25) is 5.02 Å². The highest BCUT2D eigenvalue weighted by Crippen LogP contribution is 2.24. The summed E-state index contributed by atoms with van der Waals surface area (Å²) in [5.41, 5.74) is 2.22. The van der Waals surface area contributed by atoms with Gasteiger partial charge in [-0.05, 0) is 54.3 Å². The molecule has 1 heterocycles. The van der Waals surface area contributed by atoms with E-state index in [1.807, 2.05) is 19.1 Å². The third-order valence-corrected chi connectivity index (χ3v) is 5.05. The first-order valence-electron chi connectivity index (χ1n) is 9.23. The molecule has 5 nitrogen and oxygen atoms in total. The van der Waals surface area contributed by atoms with Gasteiger partial charge >= 0.3 is 11.9 Å². The summed E-state index contributed by atoms with van der Waals surface area (Å²) >= 11 is 5.89. The molecule has 0 spiro atoms. The number of benzene rings is 2. The van der Waals surface area contributed by atoms with E-state index in [0.29, 0.717) is 17.0 Å². The molecule has 0 aliphatic rings. The Balaban J connectivity index is 2.09. The van der Waals surface area contributed by atoms with Crippen molar-refractivity contribution in [2.75, 3.05) is 0 Å². The molecule has 0 amide bonds. The SMILES string of the molecule is [CH2]c1cccc(Cn2nc(-c3ccc(Cl)cc3)n(C[C@H](O)C(F)(F)F)c2=O)c1CC.